The molecule has 1 atom stereocenters. The lowest BCUT2D eigenvalue weighted by molar-refractivity contribution is -0.113. The molecule has 0 saturated carbocycles. The maximum Gasteiger partial charge on any atom is 0.235 e. The van der Waals surface area contributed by atoms with Crippen LogP contribution in [0.5, 0.6) is 0 Å². The number of nitriles is 1. The first-order chi connectivity index (χ1) is 16.7. The van der Waals surface area contributed by atoms with Gasteiger partial charge in [0.1, 0.15) is 11.1 Å². The average Bonchev–Trinajstić information content (AvgIpc) is 3.18. The zero-order chi connectivity index (χ0) is 25.2. The van der Waals surface area contributed by atoms with Crippen molar-refractivity contribution in [2.24, 2.45) is 11.3 Å². The number of hydrogen-bond donors (Lipinski definition) is 1. The van der Waals surface area contributed by atoms with Crippen molar-refractivity contribution in [2.75, 3.05) is 11.1 Å². The molecule has 4 rings (SSSR count). The smallest absolute Gasteiger partial charge is 0.235 e. The maximum atomic E-state index is 12.8. The van der Waals surface area contributed by atoms with Gasteiger partial charge >= 0.3 is 0 Å². The average molecular weight is 525 g/mol. The summed E-state index contributed by atoms with van der Waals surface area (Å²) in [5.74, 6) is 0.605. The zero-order valence-corrected chi connectivity index (χ0v) is 22.8. The Labute approximate surface area is 220 Å². The Bertz CT molecular complexity index is 1280. The molecular weight excluding hydrogens is 496 g/mol. The van der Waals surface area contributed by atoms with Crippen LogP contribution in [0.15, 0.2) is 35.5 Å². The SMILES string of the molecule is CCC(C)(C)[C@@H]1CCc2c(sc(NC(=O)CSc3nc(C)cc(-c4ccc(Cl)cc4)n3)c2C#N)C1. The minimum atomic E-state index is -0.159. The number of hydrogen-bond acceptors (Lipinski definition) is 6. The summed E-state index contributed by atoms with van der Waals surface area (Å²) in [7, 11) is 0. The minimum absolute atomic E-state index is 0.159. The van der Waals surface area contributed by atoms with Gasteiger partial charge in [0.05, 0.1) is 17.0 Å². The number of halogens is 1. The van der Waals surface area contributed by atoms with Crippen LogP contribution in [0.4, 0.5) is 5.00 Å². The van der Waals surface area contributed by atoms with E-state index in [1.54, 1.807) is 11.3 Å². The molecule has 5 nitrogen and oxygen atoms in total. The largest absolute Gasteiger partial charge is 0.316 e. The van der Waals surface area contributed by atoms with Gasteiger partial charge in [-0.3, -0.25) is 4.79 Å². The monoisotopic (exact) mass is 524 g/mol. The quantitative estimate of drug-likeness (QED) is 0.259. The first kappa shape index (κ1) is 25.7. The molecular formula is C27H29ClN4OS2. The number of amides is 1. The molecule has 0 unspecified atom stereocenters. The van der Waals surface area contributed by atoms with Gasteiger partial charge in [-0.25, -0.2) is 9.97 Å². The number of anilines is 1. The predicted molar refractivity (Wildman–Crippen MR) is 145 cm³/mol. The van der Waals surface area contributed by atoms with Crippen molar-refractivity contribution in [3.05, 3.63) is 57.1 Å². The number of carbonyl (C=O) groups excluding carboxylic acids is 1. The molecule has 0 spiro atoms. The molecule has 2 aromatic heterocycles. The highest BCUT2D eigenvalue weighted by molar-refractivity contribution is 7.99. The molecule has 182 valence electrons. The van der Waals surface area contributed by atoms with E-state index in [0.29, 0.717) is 26.7 Å². The lowest BCUT2D eigenvalue weighted by Crippen LogP contribution is -2.28. The first-order valence-corrected chi connectivity index (χ1v) is 14.0. The third-order valence-corrected chi connectivity index (χ3v) is 9.22. The van der Waals surface area contributed by atoms with Gasteiger partial charge in [-0.1, -0.05) is 62.7 Å². The molecule has 1 aliphatic rings. The number of fused-ring (bicyclic) bond motifs is 1. The number of carbonyl (C=O) groups is 1. The van der Waals surface area contributed by atoms with Crippen molar-refractivity contribution in [1.29, 1.82) is 5.26 Å². The van der Waals surface area contributed by atoms with Crippen LogP contribution in [-0.4, -0.2) is 21.6 Å². The molecule has 35 heavy (non-hydrogen) atoms. The molecule has 8 heteroatoms. The molecule has 0 aliphatic heterocycles. The summed E-state index contributed by atoms with van der Waals surface area (Å²) in [4.78, 5) is 23.2. The predicted octanol–water partition coefficient (Wildman–Crippen LogP) is 7.31. The summed E-state index contributed by atoms with van der Waals surface area (Å²) < 4.78 is 0. The van der Waals surface area contributed by atoms with E-state index in [9.17, 15) is 10.1 Å². The number of aryl methyl sites for hydroxylation is 1. The van der Waals surface area contributed by atoms with Crippen LogP contribution in [-0.2, 0) is 17.6 Å². The van der Waals surface area contributed by atoms with Crippen molar-refractivity contribution < 1.29 is 4.79 Å². The van der Waals surface area contributed by atoms with Gasteiger partial charge in [-0.05, 0) is 61.3 Å². The standard InChI is InChI=1S/C27H29ClN4OS2/c1-5-27(3,4)18-8-11-20-21(14-29)25(35-23(20)13-18)32-24(33)15-34-26-30-16(2)12-22(31-26)17-6-9-19(28)10-7-17/h6-7,9-10,12,18H,5,8,11,13,15H2,1-4H3,(H,32,33)/t18-/m1/s1. The first-order valence-electron chi connectivity index (χ1n) is 11.8. The highest BCUT2D eigenvalue weighted by atomic mass is 35.5. The minimum Gasteiger partial charge on any atom is -0.316 e. The fraction of sp³-hybridized carbons (Fsp3) is 0.407. The molecule has 3 aromatic rings. The molecule has 0 fully saturated rings. The molecule has 0 radical (unpaired) electrons. The molecule has 2 heterocycles. The number of nitrogens with zero attached hydrogens (tertiary/aromatic N) is 3. The van der Waals surface area contributed by atoms with E-state index in [2.05, 4.69) is 42.1 Å². The number of rotatable bonds is 7. The van der Waals surface area contributed by atoms with E-state index in [1.165, 1.54) is 16.6 Å². The van der Waals surface area contributed by atoms with Crippen molar-refractivity contribution in [1.82, 2.24) is 9.97 Å². The third kappa shape index (κ3) is 5.88. The van der Waals surface area contributed by atoms with Crippen LogP contribution in [0, 0.1) is 29.6 Å². The maximum absolute atomic E-state index is 12.8. The van der Waals surface area contributed by atoms with Gasteiger partial charge in [-0.15, -0.1) is 11.3 Å². The lowest BCUT2D eigenvalue weighted by atomic mass is 9.69. The van der Waals surface area contributed by atoms with Crippen molar-refractivity contribution in [3.8, 4) is 17.3 Å². The van der Waals surface area contributed by atoms with Gasteiger partial charge in [0, 0.05) is 21.2 Å². The molecule has 0 bridgehead atoms. The van der Waals surface area contributed by atoms with E-state index >= 15 is 0 Å². The number of nitrogens with one attached hydrogen (secondary N) is 1. The van der Waals surface area contributed by atoms with Crippen molar-refractivity contribution in [3.63, 3.8) is 0 Å². The summed E-state index contributed by atoms with van der Waals surface area (Å²) in [6.07, 6.45) is 4.09. The molecule has 1 amide bonds. The summed E-state index contributed by atoms with van der Waals surface area (Å²) in [6.45, 7) is 8.80. The number of thiophene rings is 1. The fourth-order valence-electron chi connectivity index (χ4n) is 4.42. The van der Waals surface area contributed by atoms with Gasteiger partial charge < -0.3 is 5.32 Å². The second kappa shape index (κ2) is 10.7. The molecule has 0 saturated heterocycles. The van der Waals surface area contributed by atoms with Crippen LogP contribution in [0.25, 0.3) is 11.3 Å². The Hall–Kier alpha value is -2.40. The Morgan fingerprint density at radius 2 is 2.06 bits per heavy atom. The number of benzene rings is 1. The highest BCUT2D eigenvalue weighted by Gasteiger charge is 2.34. The number of thioether (sulfide) groups is 1. The van der Waals surface area contributed by atoms with Crippen LogP contribution in [0.1, 0.15) is 55.3 Å². The number of aromatic nitrogens is 2. The van der Waals surface area contributed by atoms with Crippen LogP contribution >= 0.6 is 34.7 Å². The fourth-order valence-corrected chi connectivity index (χ4v) is 6.54. The zero-order valence-electron chi connectivity index (χ0n) is 20.4. The molecule has 1 N–H and O–H groups in total. The Morgan fingerprint density at radius 1 is 1.31 bits per heavy atom. The van der Waals surface area contributed by atoms with Gasteiger partial charge in [0.25, 0.3) is 0 Å². The van der Waals surface area contributed by atoms with Crippen LogP contribution < -0.4 is 5.32 Å². The van der Waals surface area contributed by atoms with Crippen molar-refractivity contribution >= 4 is 45.6 Å². The van der Waals surface area contributed by atoms with Crippen LogP contribution in [0.3, 0.4) is 0 Å². The van der Waals surface area contributed by atoms with E-state index in [4.69, 9.17) is 11.6 Å². The van der Waals surface area contributed by atoms with E-state index in [-0.39, 0.29) is 17.1 Å². The Balaban J connectivity index is 1.45. The highest BCUT2D eigenvalue weighted by Crippen LogP contribution is 2.45. The summed E-state index contributed by atoms with van der Waals surface area (Å²) >= 11 is 8.86. The van der Waals surface area contributed by atoms with Crippen LogP contribution in [0.2, 0.25) is 5.02 Å². The second-order valence-electron chi connectivity index (χ2n) is 9.62. The molecule has 1 aromatic carbocycles. The van der Waals surface area contributed by atoms with E-state index in [0.717, 1.165) is 48.2 Å². The molecule has 1 aliphatic carbocycles. The second-order valence-corrected chi connectivity index (χ2v) is 12.1. The van der Waals surface area contributed by atoms with E-state index in [1.807, 2.05) is 37.3 Å². The summed E-state index contributed by atoms with van der Waals surface area (Å²) in [5, 5.41) is 14.7. The Kier molecular flexibility index (Phi) is 7.85. The summed E-state index contributed by atoms with van der Waals surface area (Å²) in [6, 6.07) is 11.7. The third-order valence-electron chi connectivity index (χ3n) is 6.95. The van der Waals surface area contributed by atoms with Gasteiger partial charge in [0.15, 0.2) is 5.16 Å². The van der Waals surface area contributed by atoms with E-state index < -0.39 is 0 Å². The van der Waals surface area contributed by atoms with Crippen molar-refractivity contribution in [2.45, 2.75) is 58.5 Å². The Morgan fingerprint density at radius 3 is 2.74 bits per heavy atom. The topological polar surface area (TPSA) is 78.7 Å². The van der Waals surface area contributed by atoms with Gasteiger partial charge in [0.2, 0.25) is 5.91 Å². The lowest BCUT2D eigenvalue weighted by Gasteiger charge is -2.36. The van der Waals surface area contributed by atoms with Gasteiger partial charge in [-0.2, -0.15) is 5.26 Å². The normalized spacial score (nSPS) is 15.4. The summed E-state index contributed by atoms with van der Waals surface area (Å²) in [5.41, 5.74) is 4.59.